The third kappa shape index (κ3) is 3.06. The van der Waals surface area contributed by atoms with Crippen molar-refractivity contribution in [1.29, 1.82) is 0 Å². The molecule has 2 rings (SSSR count). The maximum absolute atomic E-state index is 2.52. The second-order valence-electron chi connectivity index (χ2n) is 7.15. The van der Waals surface area contributed by atoms with Crippen LogP contribution >= 0.6 is 0 Å². The third-order valence-corrected chi connectivity index (χ3v) is 6.07. The summed E-state index contributed by atoms with van der Waals surface area (Å²) in [7, 11) is 0. The summed E-state index contributed by atoms with van der Waals surface area (Å²) in [6, 6.07) is 0. The second kappa shape index (κ2) is 5.76. The zero-order valence-electron chi connectivity index (χ0n) is 12.3. The summed E-state index contributed by atoms with van der Waals surface area (Å²) < 4.78 is 0. The molecule has 0 heteroatoms. The zero-order valence-corrected chi connectivity index (χ0v) is 12.3. The predicted octanol–water partition coefficient (Wildman–Crippen LogP) is 5.81. The van der Waals surface area contributed by atoms with Gasteiger partial charge in [-0.1, -0.05) is 52.9 Å². The van der Waals surface area contributed by atoms with E-state index >= 15 is 0 Å². The van der Waals surface area contributed by atoms with Crippen molar-refractivity contribution >= 4 is 0 Å². The molecule has 0 bridgehead atoms. The minimum Gasteiger partial charge on any atom is -0.0654 e. The Morgan fingerprint density at radius 1 is 1.00 bits per heavy atom. The van der Waals surface area contributed by atoms with Crippen LogP contribution in [0.5, 0.6) is 0 Å². The second-order valence-corrected chi connectivity index (χ2v) is 7.15. The molecule has 0 spiro atoms. The molecule has 0 heterocycles. The molecule has 2 unspecified atom stereocenters. The normalized spacial score (nSPS) is 42.9. The summed E-state index contributed by atoms with van der Waals surface area (Å²) >= 11 is 0. The van der Waals surface area contributed by atoms with Gasteiger partial charge in [-0.3, -0.25) is 0 Å². The van der Waals surface area contributed by atoms with E-state index in [0.29, 0.717) is 5.41 Å². The molecular formula is C17H32. The van der Waals surface area contributed by atoms with Crippen molar-refractivity contribution in [2.45, 2.75) is 85.0 Å². The monoisotopic (exact) mass is 236 g/mol. The van der Waals surface area contributed by atoms with Gasteiger partial charge in [0.2, 0.25) is 0 Å². The van der Waals surface area contributed by atoms with Crippen molar-refractivity contribution in [2.24, 2.45) is 23.2 Å². The largest absolute Gasteiger partial charge is 0.0654 e. The first kappa shape index (κ1) is 13.4. The Hall–Kier alpha value is 0. The Morgan fingerprint density at radius 3 is 2.29 bits per heavy atom. The molecule has 0 N–H and O–H groups in total. The lowest BCUT2D eigenvalue weighted by Gasteiger charge is -2.40. The van der Waals surface area contributed by atoms with Crippen LogP contribution in [-0.2, 0) is 0 Å². The van der Waals surface area contributed by atoms with Gasteiger partial charge in [0.1, 0.15) is 0 Å². The molecule has 2 saturated carbocycles. The van der Waals surface area contributed by atoms with Crippen molar-refractivity contribution in [1.82, 2.24) is 0 Å². The molecule has 2 aliphatic rings. The summed E-state index contributed by atoms with van der Waals surface area (Å²) in [5.41, 5.74) is 0.690. The van der Waals surface area contributed by atoms with E-state index in [9.17, 15) is 0 Å². The van der Waals surface area contributed by atoms with Crippen LogP contribution in [-0.4, -0.2) is 0 Å². The molecule has 0 radical (unpaired) electrons. The van der Waals surface area contributed by atoms with Gasteiger partial charge in [-0.15, -0.1) is 0 Å². The summed E-state index contributed by atoms with van der Waals surface area (Å²) in [4.78, 5) is 0. The molecular weight excluding hydrogens is 204 g/mol. The highest BCUT2D eigenvalue weighted by Crippen LogP contribution is 2.49. The Bertz CT molecular complexity index is 222. The quantitative estimate of drug-likeness (QED) is 0.578. The fourth-order valence-electron chi connectivity index (χ4n) is 4.53. The molecule has 0 aromatic carbocycles. The summed E-state index contributed by atoms with van der Waals surface area (Å²) in [5, 5.41) is 0. The van der Waals surface area contributed by atoms with Gasteiger partial charge in [-0.25, -0.2) is 0 Å². The van der Waals surface area contributed by atoms with E-state index in [4.69, 9.17) is 0 Å². The molecule has 2 atom stereocenters. The fourth-order valence-corrected chi connectivity index (χ4v) is 4.53. The van der Waals surface area contributed by atoms with Crippen LogP contribution < -0.4 is 0 Å². The lowest BCUT2D eigenvalue weighted by Crippen LogP contribution is -2.29. The highest BCUT2D eigenvalue weighted by molar-refractivity contribution is 4.88. The van der Waals surface area contributed by atoms with Crippen LogP contribution in [0.25, 0.3) is 0 Å². The molecule has 17 heavy (non-hydrogen) atoms. The predicted molar refractivity (Wildman–Crippen MR) is 76.1 cm³/mol. The summed E-state index contributed by atoms with van der Waals surface area (Å²) in [5.74, 6) is 3.29. The summed E-state index contributed by atoms with van der Waals surface area (Å²) in [6.45, 7) is 7.27. The van der Waals surface area contributed by atoms with Gasteiger partial charge in [0.25, 0.3) is 0 Å². The Labute approximate surface area is 109 Å². The number of hydrogen-bond donors (Lipinski definition) is 0. The molecule has 100 valence electrons. The highest BCUT2D eigenvalue weighted by Gasteiger charge is 2.37. The van der Waals surface area contributed by atoms with Gasteiger partial charge >= 0.3 is 0 Å². The lowest BCUT2D eigenvalue weighted by molar-refractivity contribution is 0.110. The highest BCUT2D eigenvalue weighted by atomic mass is 14.4. The van der Waals surface area contributed by atoms with Crippen LogP contribution in [0.2, 0.25) is 0 Å². The molecule has 2 aliphatic carbocycles. The van der Waals surface area contributed by atoms with Gasteiger partial charge in [0.15, 0.2) is 0 Å². The first-order chi connectivity index (χ1) is 8.18. The average Bonchev–Trinajstić information content (AvgIpc) is 2.79. The third-order valence-electron chi connectivity index (χ3n) is 6.07. The van der Waals surface area contributed by atoms with Crippen molar-refractivity contribution in [3.8, 4) is 0 Å². The van der Waals surface area contributed by atoms with E-state index in [1.807, 2.05) is 0 Å². The van der Waals surface area contributed by atoms with Gasteiger partial charge in [-0.05, 0) is 55.3 Å². The Balaban J connectivity index is 1.87. The van der Waals surface area contributed by atoms with Gasteiger partial charge in [0, 0.05) is 0 Å². The van der Waals surface area contributed by atoms with Crippen molar-refractivity contribution in [3.05, 3.63) is 0 Å². The van der Waals surface area contributed by atoms with Crippen LogP contribution in [0.3, 0.4) is 0 Å². The van der Waals surface area contributed by atoms with E-state index in [1.165, 1.54) is 51.4 Å². The molecule has 0 aromatic heterocycles. The number of rotatable bonds is 4. The van der Waals surface area contributed by atoms with Gasteiger partial charge in [-0.2, -0.15) is 0 Å². The van der Waals surface area contributed by atoms with Crippen molar-refractivity contribution < 1.29 is 0 Å². The minimum absolute atomic E-state index is 0.690. The average molecular weight is 236 g/mol. The molecule has 2 fully saturated rings. The molecule has 0 saturated heterocycles. The molecule has 0 amide bonds. The topological polar surface area (TPSA) is 0 Å². The molecule has 0 aromatic rings. The van der Waals surface area contributed by atoms with Crippen LogP contribution in [0.15, 0.2) is 0 Å². The van der Waals surface area contributed by atoms with Crippen LogP contribution in [0, 0.1) is 23.2 Å². The standard InChI is InChI=1S/C17H32/c1-4-7-14-8-6-9-16(14)15-10-12-17(3,5-2)13-11-15/h14-16H,4-13H2,1-3H3. The molecule has 0 nitrogen and oxygen atoms in total. The smallest absolute Gasteiger partial charge is 0.0328 e. The van der Waals surface area contributed by atoms with E-state index in [1.54, 1.807) is 12.8 Å². The SMILES string of the molecule is CCCC1CCCC1C1CCC(C)(CC)CC1. The fraction of sp³-hybridized carbons (Fsp3) is 1.00. The zero-order chi connectivity index (χ0) is 12.3. The van der Waals surface area contributed by atoms with E-state index in [-0.39, 0.29) is 0 Å². The first-order valence-corrected chi connectivity index (χ1v) is 8.18. The van der Waals surface area contributed by atoms with Crippen LogP contribution in [0.1, 0.15) is 85.0 Å². The van der Waals surface area contributed by atoms with Crippen molar-refractivity contribution in [2.75, 3.05) is 0 Å². The van der Waals surface area contributed by atoms with Gasteiger partial charge < -0.3 is 0 Å². The minimum atomic E-state index is 0.690. The maximum atomic E-state index is 2.52. The van der Waals surface area contributed by atoms with Crippen LogP contribution in [0.4, 0.5) is 0 Å². The molecule has 0 aliphatic heterocycles. The Kier molecular flexibility index (Phi) is 4.55. The number of hydrogen-bond acceptors (Lipinski definition) is 0. The summed E-state index contributed by atoms with van der Waals surface area (Å²) in [6.07, 6.45) is 15.0. The van der Waals surface area contributed by atoms with Gasteiger partial charge in [0.05, 0.1) is 0 Å². The van der Waals surface area contributed by atoms with Crippen molar-refractivity contribution in [3.63, 3.8) is 0 Å². The van der Waals surface area contributed by atoms with E-state index < -0.39 is 0 Å². The maximum Gasteiger partial charge on any atom is -0.0328 e. The lowest BCUT2D eigenvalue weighted by atomic mass is 9.65. The first-order valence-electron chi connectivity index (χ1n) is 8.18. The van der Waals surface area contributed by atoms with E-state index in [0.717, 1.165) is 17.8 Å². The van der Waals surface area contributed by atoms with E-state index in [2.05, 4.69) is 20.8 Å². The Morgan fingerprint density at radius 2 is 1.71 bits per heavy atom.